The summed E-state index contributed by atoms with van der Waals surface area (Å²) in [4.78, 5) is 14.5. The first-order chi connectivity index (χ1) is 10.7. The van der Waals surface area contributed by atoms with Gasteiger partial charge in [0.15, 0.2) is 0 Å². The van der Waals surface area contributed by atoms with Gasteiger partial charge >= 0.3 is 0 Å². The van der Waals surface area contributed by atoms with Crippen molar-refractivity contribution >= 4 is 18.3 Å². The number of amides is 1. The van der Waals surface area contributed by atoms with Gasteiger partial charge in [0, 0.05) is 25.6 Å². The van der Waals surface area contributed by atoms with Crippen LogP contribution in [-0.2, 0) is 4.79 Å². The van der Waals surface area contributed by atoms with E-state index in [0.717, 1.165) is 50.2 Å². The number of benzene rings is 1. The molecule has 0 aliphatic carbocycles. The molecule has 1 aliphatic rings. The molecule has 23 heavy (non-hydrogen) atoms. The van der Waals surface area contributed by atoms with Crippen molar-refractivity contribution < 1.29 is 9.53 Å². The summed E-state index contributed by atoms with van der Waals surface area (Å²) in [5.74, 6) is 1.18. The Bertz CT molecular complexity index is 476. The Hall–Kier alpha value is -1.26. The molecule has 1 fully saturated rings. The van der Waals surface area contributed by atoms with E-state index in [0.29, 0.717) is 19.1 Å². The van der Waals surface area contributed by atoms with E-state index in [9.17, 15) is 4.79 Å². The minimum absolute atomic E-state index is 0. The lowest BCUT2D eigenvalue weighted by Gasteiger charge is -2.28. The van der Waals surface area contributed by atoms with E-state index in [1.165, 1.54) is 0 Å². The van der Waals surface area contributed by atoms with Gasteiger partial charge in [-0.2, -0.15) is 0 Å². The van der Waals surface area contributed by atoms with E-state index in [4.69, 9.17) is 4.74 Å². The molecule has 1 amide bonds. The summed E-state index contributed by atoms with van der Waals surface area (Å²) < 4.78 is 5.77. The summed E-state index contributed by atoms with van der Waals surface area (Å²) in [5.41, 5.74) is 1.14. The summed E-state index contributed by atoms with van der Waals surface area (Å²) in [7, 11) is 0. The summed E-state index contributed by atoms with van der Waals surface area (Å²) in [6.07, 6.45) is 3.43. The average Bonchev–Trinajstić information content (AvgIpc) is 3.04. The summed E-state index contributed by atoms with van der Waals surface area (Å²) in [5, 5.41) is 3.34. The third-order valence-corrected chi connectivity index (χ3v) is 4.15. The third-order valence-electron chi connectivity index (χ3n) is 4.15. The van der Waals surface area contributed by atoms with Crippen LogP contribution in [0, 0.1) is 6.92 Å². The van der Waals surface area contributed by atoms with Gasteiger partial charge in [0.05, 0.1) is 6.61 Å². The fraction of sp³-hybridized carbons (Fsp3) is 0.611. The summed E-state index contributed by atoms with van der Waals surface area (Å²) in [6.45, 7) is 7.59. The second kappa shape index (κ2) is 10.5. The highest BCUT2D eigenvalue weighted by Crippen LogP contribution is 2.17. The Kier molecular flexibility index (Phi) is 9.03. The molecule has 1 atom stereocenters. The number of rotatable bonds is 8. The Morgan fingerprint density at radius 1 is 1.39 bits per heavy atom. The van der Waals surface area contributed by atoms with E-state index in [2.05, 4.69) is 17.1 Å². The largest absolute Gasteiger partial charge is 0.493 e. The molecule has 0 radical (unpaired) electrons. The monoisotopic (exact) mass is 340 g/mol. The van der Waals surface area contributed by atoms with Crippen molar-refractivity contribution in [3.8, 4) is 5.75 Å². The molecule has 1 heterocycles. The summed E-state index contributed by atoms with van der Waals surface area (Å²) in [6, 6.07) is 8.37. The van der Waals surface area contributed by atoms with Gasteiger partial charge in [0.25, 0.3) is 0 Å². The van der Waals surface area contributed by atoms with Crippen molar-refractivity contribution in [2.45, 2.75) is 45.6 Å². The molecular weight excluding hydrogens is 312 g/mol. The maximum absolute atomic E-state index is 12.4. The fourth-order valence-corrected chi connectivity index (χ4v) is 2.92. The Balaban J connectivity index is 0.00000264. The quantitative estimate of drug-likeness (QED) is 0.739. The van der Waals surface area contributed by atoms with E-state index >= 15 is 0 Å². The molecule has 2 rings (SSSR count). The van der Waals surface area contributed by atoms with Crippen LogP contribution in [0.1, 0.15) is 38.2 Å². The molecular formula is C18H29ClN2O2. The zero-order valence-electron chi connectivity index (χ0n) is 14.2. The van der Waals surface area contributed by atoms with Gasteiger partial charge in [-0.15, -0.1) is 12.4 Å². The van der Waals surface area contributed by atoms with Crippen LogP contribution in [-0.4, -0.2) is 43.1 Å². The molecule has 0 bridgehead atoms. The lowest BCUT2D eigenvalue weighted by atomic mass is 10.1. The summed E-state index contributed by atoms with van der Waals surface area (Å²) >= 11 is 0. The lowest BCUT2D eigenvalue weighted by molar-refractivity contribution is -0.133. The molecule has 4 nitrogen and oxygen atoms in total. The van der Waals surface area contributed by atoms with Gasteiger partial charge in [-0.1, -0.05) is 25.1 Å². The van der Waals surface area contributed by atoms with Crippen molar-refractivity contribution in [1.82, 2.24) is 10.2 Å². The topological polar surface area (TPSA) is 41.6 Å². The molecule has 1 aromatic carbocycles. The second-order valence-electron chi connectivity index (χ2n) is 5.95. The highest BCUT2D eigenvalue weighted by molar-refractivity contribution is 5.85. The highest BCUT2D eigenvalue weighted by Gasteiger charge is 2.25. The number of halogens is 1. The number of carbonyl (C=O) groups is 1. The van der Waals surface area contributed by atoms with Gasteiger partial charge in [-0.05, 0) is 44.4 Å². The van der Waals surface area contributed by atoms with Gasteiger partial charge in [0.1, 0.15) is 5.75 Å². The molecule has 1 N–H and O–H groups in total. The molecule has 1 aromatic rings. The van der Waals surface area contributed by atoms with Crippen LogP contribution >= 0.6 is 12.4 Å². The fourth-order valence-electron chi connectivity index (χ4n) is 2.92. The zero-order valence-corrected chi connectivity index (χ0v) is 15.0. The predicted molar refractivity (Wildman–Crippen MR) is 96.4 cm³/mol. The molecule has 1 unspecified atom stereocenters. The molecule has 0 aromatic heterocycles. The average molecular weight is 341 g/mol. The van der Waals surface area contributed by atoms with Crippen LogP contribution in [0.5, 0.6) is 5.75 Å². The van der Waals surface area contributed by atoms with Crippen LogP contribution in [0.3, 0.4) is 0 Å². The number of nitrogens with one attached hydrogen (secondary N) is 1. The molecule has 1 aliphatic heterocycles. The third kappa shape index (κ3) is 6.04. The second-order valence-corrected chi connectivity index (χ2v) is 5.95. The zero-order chi connectivity index (χ0) is 15.8. The number of ether oxygens (including phenoxy) is 1. The number of nitrogens with zero attached hydrogens (tertiary/aromatic N) is 1. The molecule has 130 valence electrons. The van der Waals surface area contributed by atoms with Crippen LogP contribution in [0.4, 0.5) is 0 Å². The smallest absolute Gasteiger partial charge is 0.222 e. The van der Waals surface area contributed by atoms with Gasteiger partial charge in [-0.25, -0.2) is 0 Å². The van der Waals surface area contributed by atoms with E-state index in [-0.39, 0.29) is 18.3 Å². The van der Waals surface area contributed by atoms with Crippen molar-refractivity contribution in [1.29, 1.82) is 0 Å². The van der Waals surface area contributed by atoms with Crippen molar-refractivity contribution in [3.63, 3.8) is 0 Å². The van der Waals surface area contributed by atoms with Gasteiger partial charge in [-0.3, -0.25) is 4.79 Å². The van der Waals surface area contributed by atoms with Crippen LogP contribution in [0.15, 0.2) is 24.3 Å². The molecule has 1 saturated heterocycles. The maximum Gasteiger partial charge on any atom is 0.222 e. The molecule has 0 spiro atoms. The Morgan fingerprint density at radius 2 is 2.17 bits per heavy atom. The number of para-hydroxylation sites is 1. The SMILES string of the molecule is CCCN(C(=O)CCCOc1ccccc1C)C1CCNC1.Cl. The van der Waals surface area contributed by atoms with E-state index in [1.807, 2.05) is 31.2 Å². The number of hydrogen-bond donors (Lipinski definition) is 1. The number of carbonyl (C=O) groups excluding carboxylic acids is 1. The van der Waals surface area contributed by atoms with E-state index < -0.39 is 0 Å². The van der Waals surface area contributed by atoms with Gasteiger partial charge in [0.2, 0.25) is 5.91 Å². The van der Waals surface area contributed by atoms with E-state index in [1.54, 1.807) is 0 Å². The van der Waals surface area contributed by atoms with Crippen molar-refractivity contribution in [2.24, 2.45) is 0 Å². The first-order valence-corrected chi connectivity index (χ1v) is 8.41. The Morgan fingerprint density at radius 3 is 2.83 bits per heavy atom. The maximum atomic E-state index is 12.4. The predicted octanol–water partition coefficient (Wildman–Crippen LogP) is 3.18. The van der Waals surface area contributed by atoms with Crippen LogP contribution in [0.25, 0.3) is 0 Å². The standard InChI is InChI=1S/C18H28N2O2.ClH/c1-3-12-20(16-10-11-19-14-16)18(21)9-6-13-22-17-8-5-4-7-15(17)2;/h4-5,7-8,16,19H,3,6,9-14H2,1-2H3;1H. The minimum Gasteiger partial charge on any atom is -0.493 e. The molecule has 0 saturated carbocycles. The first kappa shape index (κ1) is 19.8. The number of aryl methyl sites for hydroxylation is 1. The lowest BCUT2D eigenvalue weighted by Crippen LogP contribution is -2.42. The van der Waals surface area contributed by atoms with Crippen LogP contribution < -0.4 is 10.1 Å². The normalized spacial score (nSPS) is 16.7. The number of hydrogen-bond acceptors (Lipinski definition) is 3. The van der Waals surface area contributed by atoms with Crippen molar-refractivity contribution in [3.05, 3.63) is 29.8 Å². The minimum atomic E-state index is 0. The Labute approximate surface area is 146 Å². The highest BCUT2D eigenvalue weighted by atomic mass is 35.5. The van der Waals surface area contributed by atoms with Crippen LogP contribution in [0.2, 0.25) is 0 Å². The first-order valence-electron chi connectivity index (χ1n) is 8.41. The van der Waals surface area contributed by atoms with Crippen molar-refractivity contribution in [2.75, 3.05) is 26.2 Å². The van der Waals surface area contributed by atoms with Gasteiger partial charge < -0.3 is 15.0 Å². The molecule has 5 heteroatoms.